The number of hydrogen-bond donors (Lipinski definition) is 3. The molecule has 15 heavy (non-hydrogen) atoms. The summed E-state index contributed by atoms with van der Waals surface area (Å²) in [6.07, 6.45) is 1.05. The Morgan fingerprint density at radius 1 is 1.53 bits per heavy atom. The van der Waals surface area contributed by atoms with Crippen LogP contribution in [0.25, 0.3) is 0 Å². The minimum absolute atomic E-state index is 0.0930. The Hall–Kier alpha value is -1.23. The van der Waals surface area contributed by atoms with Crippen molar-refractivity contribution in [3.63, 3.8) is 0 Å². The predicted octanol–water partition coefficient (Wildman–Crippen LogP) is 1.90. The fourth-order valence-electron chi connectivity index (χ4n) is 1.16. The highest BCUT2D eigenvalue weighted by atomic mass is 32.1. The first-order valence-electron chi connectivity index (χ1n) is 5.10. The number of carbonyl (C=O) groups is 1. The minimum Gasteiger partial charge on any atom is -0.397 e. The van der Waals surface area contributed by atoms with E-state index in [0.29, 0.717) is 17.1 Å². The molecule has 0 unspecified atom stereocenters. The molecule has 1 aromatic rings. The summed E-state index contributed by atoms with van der Waals surface area (Å²) in [6, 6.07) is 1.81. The Labute approximate surface area is 93.9 Å². The molecule has 0 saturated carbocycles. The van der Waals surface area contributed by atoms with Crippen LogP contribution in [0.5, 0.6) is 0 Å². The standard InChI is InChI=1S/C10H17N3OS/c1-3-5-13-8-6-7(11)9(15-8)10(14)12-4-2/h6,13H,3-5,11H2,1-2H3,(H,12,14). The van der Waals surface area contributed by atoms with Crippen molar-refractivity contribution in [2.45, 2.75) is 20.3 Å². The first-order valence-corrected chi connectivity index (χ1v) is 5.92. The van der Waals surface area contributed by atoms with Crippen LogP contribution in [-0.4, -0.2) is 19.0 Å². The summed E-state index contributed by atoms with van der Waals surface area (Å²) in [7, 11) is 0. The number of anilines is 2. The molecule has 1 amide bonds. The maximum Gasteiger partial charge on any atom is 0.263 e. The third-order valence-electron chi connectivity index (χ3n) is 1.85. The molecule has 5 heteroatoms. The van der Waals surface area contributed by atoms with E-state index in [1.807, 2.05) is 13.0 Å². The van der Waals surface area contributed by atoms with Crippen molar-refractivity contribution in [2.24, 2.45) is 0 Å². The van der Waals surface area contributed by atoms with Gasteiger partial charge in [0.15, 0.2) is 0 Å². The molecule has 0 radical (unpaired) electrons. The van der Waals surface area contributed by atoms with Gasteiger partial charge in [-0.05, 0) is 19.4 Å². The Morgan fingerprint density at radius 2 is 2.27 bits per heavy atom. The molecule has 4 nitrogen and oxygen atoms in total. The van der Waals surface area contributed by atoms with Crippen LogP contribution in [0.4, 0.5) is 10.7 Å². The Balaban J connectivity index is 2.72. The number of rotatable bonds is 5. The monoisotopic (exact) mass is 227 g/mol. The van der Waals surface area contributed by atoms with Crippen molar-refractivity contribution in [1.82, 2.24) is 5.32 Å². The lowest BCUT2D eigenvalue weighted by Crippen LogP contribution is -2.22. The van der Waals surface area contributed by atoms with E-state index < -0.39 is 0 Å². The first-order chi connectivity index (χ1) is 7.19. The molecule has 1 heterocycles. The summed E-state index contributed by atoms with van der Waals surface area (Å²) in [5.41, 5.74) is 6.30. The van der Waals surface area contributed by atoms with Crippen LogP contribution in [0.15, 0.2) is 6.07 Å². The van der Waals surface area contributed by atoms with Gasteiger partial charge in [0.25, 0.3) is 5.91 Å². The van der Waals surface area contributed by atoms with Crippen LogP contribution in [0.3, 0.4) is 0 Å². The van der Waals surface area contributed by atoms with Gasteiger partial charge in [0, 0.05) is 13.1 Å². The van der Waals surface area contributed by atoms with E-state index in [-0.39, 0.29) is 5.91 Å². The molecule has 1 aromatic heterocycles. The second-order valence-electron chi connectivity index (χ2n) is 3.18. The fourth-order valence-corrected chi connectivity index (χ4v) is 2.08. The zero-order chi connectivity index (χ0) is 11.3. The lowest BCUT2D eigenvalue weighted by atomic mass is 10.3. The van der Waals surface area contributed by atoms with Crippen molar-refractivity contribution < 1.29 is 4.79 Å². The number of hydrogen-bond acceptors (Lipinski definition) is 4. The second kappa shape index (κ2) is 5.60. The molecule has 0 aliphatic rings. The molecule has 0 aromatic carbocycles. The summed E-state index contributed by atoms with van der Waals surface area (Å²) < 4.78 is 0. The van der Waals surface area contributed by atoms with Gasteiger partial charge in [-0.25, -0.2) is 0 Å². The summed E-state index contributed by atoms with van der Waals surface area (Å²) in [5, 5.41) is 6.90. The smallest absolute Gasteiger partial charge is 0.263 e. The van der Waals surface area contributed by atoms with Gasteiger partial charge in [-0.1, -0.05) is 6.92 Å². The van der Waals surface area contributed by atoms with Crippen LogP contribution in [-0.2, 0) is 0 Å². The van der Waals surface area contributed by atoms with Crippen LogP contribution in [0.1, 0.15) is 29.9 Å². The summed E-state index contributed by atoms with van der Waals surface area (Å²) in [4.78, 5) is 12.1. The zero-order valence-electron chi connectivity index (χ0n) is 9.09. The molecular weight excluding hydrogens is 210 g/mol. The number of nitrogen functional groups attached to an aromatic ring is 1. The van der Waals surface area contributed by atoms with Gasteiger partial charge in [0.2, 0.25) is 0 Å². The van der Waals surface area contributed by atoms with Gasteiger partial charge < -0.3 is 16.4 Å². The molecule has 1 rings (SSSR count). The Kier molecular flexibility index (Phi) is 4.42. The number of nitrogens with two attached hydrogens (primary N) is 1. The highest BCUT2D eigenvalue weighted by Gasteiger charge is 2.12. The third-order valence-corrected chi connectivity index (χ3v) is 2.96. The van der Waals surface area contributed by atoms with Gasteiger partial charge in [-0.3, -0.25) is 4.79 Å². The summed E-state index contributed by atoms with van der Waals surface area (Å²) >= 11 is 1.40. The highest BCUT2D eigenvalue weighted by molar-refractivity contribution is 7.18. The van der Waals surface area contributed by atoms with E-state index >= 15 is 0 Å². The quantitative estimate of drug-likeness (QED) is 0.719. The average molecular weight is 227 g/mol. The largest absolute Gasteiger partial charge is 0.397 e. The molecule has 0 aliphatic heterocycles. The molecule has 4 N–H and O–H groups in total. The van der Waals surface area contributed by atoms with Crippen LogP contribution < -0.4 is 16.4 Å². The lowest BCUT2D eigenvalue weighted by Gasteiger charge is -1.99. The second-order valence-corrected chi connectivity index (χ2v) is 4.23. The first kappa shape index (κ1) is 11.8. The molecule has 84 valence electrons. The van der Waals surface area contributed by atoms with Gasteiger partial charge in [-0.2, -0.15) is 0 Å². The van der Waals surface area contributed by atoms with E-state index in [1.165, 1.54) is 11.3 Å². The fraction of sp³-hybridized carbons (Fsp3) is 0.500. The third kappa shape index (κ3) is 3.13. The number of thiophene rings is 1. The molecule has 0 spiro atoms. The Bertz CT molecular complexity index is 335. The van der Waals surface area contributed by atoms with Crippen molar-refractivity contribution >= 4 is 27.9 Å². The lowest BCUT2D eigenvalue weighted by molar-refractivity contribution is 0.0960. The van der Waals surface area contributed by atoms with Gasteiger partial charge >= 0.3 is 0 Å². The number of amides is 1. The van der Waals surface area contributed by atoms with E-state index in [1.54, 1.807) is 0 Å². The molecule has 0 atom stereocenters. The van der Waals surface area contributed by atoms with Gasteiger partial charge in [0.1, 0.15) is 4.88 Å². The van der Waals surface area contributed by atoms with E-state index in [9.17, 15) is 4.79 Å². The Morgan fingerprint density at radius 3 is 2.87 bits per heavy atom. The van der Waals surface area contributed by atoms with Crippen LogP contribution in [0, 0.1) is 0 Å². The van der Waals surface area contributed by atoms with E-state index in [2.05, 4.69) is 17.6 Å². The van der Waals surface area contributed by atoms with Gasteiger partial charge in [-0.15, -0.1) is 11.3 Å². The zero-order valence-corrected chi connectivity index (χ0v) is 9.91. The van der Waals surface area contributed by atoms with E-state index in [4.69, 9.17) is 5.73 Å². The molecular formula is C10H17N3OS. The summed E-state index contributed by atoms with van der Waals surface area (Å²) in [5.74, 6) is -0.0930. The summed E-state index contributed by atoms with van der Waals surface area (Å²) in [6.45, 7) is 5.50. The normalized spacial score (nSPS) is 10.0. The van der Waals surface area contributed by atoms with Crippen molar-refractivity contribution in [1.29, 1.82) is 0 Å². The van der Waals surface area contributed by atoms with Crippen molar-refractivity contribution in [3.05, 3.63) is 10.9 Å². The van der Waals surface area contributed by atoms with Crippen LogP contribution in [0.2, 0.25) is 0 Å². The number of carbonyl (C=O) groups excluding carboxylic acids is 1. The van der Waals surface area contributed by atoms with Gasteiger partial charge in [0.05, 0.1) is 10.7 Å². The molecule has 0 aliphatic carbocycles. The maximum absolute atomic E-state index is 11.5. The van der Waals surface area contributed by atoms with Crippen molar-refractivity contribution in [2.75, 3.05) is 24.1 Å². The van der Waals surface area contributed by atoms with Crippen molar-refractivity contribution in [3.8, 4) is 0 Å². The topological polar surface area (TPSA) is 67.1 Å². The molecule has 0 fully saturated rings. The average Bonchev–Trinajstić information content (AvgIpc) is 2.57. The predicted molar refractivity (Wildman–Crippen MR) is 65.5 cm³/mol. The minimum atomic E-state index is -0.0930. The molecule has 0 bridgehead atoms. The van der Waals surface area contributed by atoms with Crippen LogP contribution >= 0.6 is 11.3 Å². The molecule has 0 saturated heterocycles. The highest BCUT2D eigenvalue weighted by Crippen LogP contribution is 2.28. The SMILES string of the molecule is CCCNc1cc(N)c(C(=O)NCC)s1. The van der Waals surface area contributed by atoms with E-state index in [0.717, 1.165) is 18.0 Å². The maximum atomic E-state index is 11.5. The number of nitrogens with one attached hydrogen (secondary N) is 2.